The number of nitrogens with two attached hydrogens (primary N) is 2. The third kappa shape index (κ3) is 10.9. The van der Waals surface area contributed by atoms with Crippen LogP contribution in [-0.2, 0) is 33.3 Å². The number of cyclic esters (lactones) is 1. The van der Waals surface area contributed by atoms with E-state index in [0.717, 1.165) is 59.2 Å². The van der Waals surface area contributed by atoms with Gasteiger partial charge in [-0.3, -0.25) is 14.4 Å². The Bertz CT molecular complexity index is 2760. The molecule has 3 aliphatic carbocycles. The Balaban J connectivity index is 0.000000150. The summed E-state index contributed by atoms with van der Waals surface area (Å²) < 4.78 is 79.9. The second-order valence-electron chi connectivity index (χ2n) is 19.5. The van der Waals surface area contributed by atoms with Crippen molar-refractivity contribution in [2.75, 3.05) is 66.6 Å². The third-order valence-electron chi connectivity index (χ3n) is 14.1. The van der Waals surface area contributed by atoms with Crippen molar-refractivity contribution in [2.24, 2.45) is 23.0 Å². The number of esters is 1. The minimum absolute atomic E-state index is 0.0114. The number of anilines is 1. The normalized spacial score (nSPS) is 20.7. The number of nitrogen functional groups attached to an aromatic ring is 1. The second-order valence-corrected chi connectivity index (χ2v) is 19.5. The van der Waals surface area contributed by atoms with E-state index in [1.807, 2.05) is 38.1 Å². The molecular weight excluding hydrogens is 962 g/mol. The fourth-order valence-electron chi connectivity index (χ4n) is 10.5. The number of fused-ring (bicyclic) bond motifs is 4. The zero-order chi connectivity index (χ0) is 52.5. The van der Waals surface area contributed by atoms with Crippen molar-refractivity contribution in [1.82, 2.24) is 19.6 Å². The van der Waals surface area contributed by atoms with Crippen LogP contribution in [-0.4, -0.2) is 122 Å². The lowest BCUT2D eigenvalue weighted by Crippen LogP contribution is -2.50. The lowest BCUT2D eigenvalue weighted by molar-refractivity contribution is -0.142. The Labute approximate surface area is 418 Å². The summed E-state index contributed by atoms with van der Waals surface area (Å²) in [4.78, 5) is 61.9. The molecule has 10 rings (SSSR count). The van der Waals surface area contributed by atoms with Gasteiger partial charge in [-0.1, -0.05) is 20.3 Å². The maximum Gasteiger partial charge on any atom is 0.435 e. The van der Waals surface area contributed by atoms with E-state index in [9.17, 15) is 37.1 Å². The molecule has 19 nitrogen and oxygen atoms in total. The fraction of sp³-hybridized carbons (Fsp3) is 0.490. The van der Waals surface area contributed by atoms with Crippen molar-refractivity contribution in [3.05, 3.63) is 81.7 Å². The molecule has 22 heteroatoms. The summed E-state index contributed by atoms with van der Waals surface area (Å²) in [5.74, 6) is 1.20. The maximum atomic E-state index is 13.4. The number of methoxy groups -OCH3 is 3. The first-order valence-electron chi connectivity index (χ1n) is 24.0. The zero-order valence-corrected chi connectivity index (χ0v) is 41.2. The van der Waals surface area contributed by atoms with Crippen LogP contribution < -0.4 is 35.2 Å². The molecule has 3 fully saturated rings. The van der Waals surface area contributed by atoms with Gasteiger partial charge >= 0.3 is 24.3 Å². The van der Waals surface area contributed by atoms with Gasteiger partial charge in [0.15, 0.2) is 34.5 Å². The lowest BCUT2D eigenvalue weighted by atomic mass is 9.67. The Morgan fingerprint density at radius 3 is 2.08 bits per heavy atom. The number of halogens is 3. The van der Waals surface area contributed by atoms with Crippen LogP contribution in [0.3, 0.4) is 0 Å². The van der Waals surface area contributed by atoms with E-state index in [1.54, 1.807) is 26.2 Å². The first-order valence-corrected chi connectivity index (χ1v) is 24.0. The monoisotopic (exact) mass is 1020 g/mol. The number of benzene rings is 3. The molecule has 3 aliphatic heterocycles. The lowest BCUT2D eigenvalue weighted by Gasteiger charge is -2.34. The van der Waals surface area contributed by atoms with Crippen molar-refractivity contribution >= 4 is 35.5 Å². The summed E-state index contributed by atoms with van der Waals surface area (Å²) in [5.41, 5.74) is 12.5. The molecule has 0 bridgehead atoms. The number of ketones is 1. The van der Waals surface area contributed by atoms with Gasteiger partial charge in [0.25, 0.3) is 5.91 Å². The number of carboxylic acid groups (broad SMARTS) is 1. The quantitative estimate of drug-likeness (QED) is 0.121. The van der Waals surface area contributed by atoms with E-state index >= 15 is 0 Å². The molecule has 1 aromatic heterocycles. The Morgan fingerprint density at radius 2 is 1.49 bits per heavy atom. The number of carbonyl (C=O) groups is 5. The zero-order valence-electron chi connectivity index (χ0n) is 41.2. The van der Waals surface area contributed by atoms with Crippen molar-refractivity contribution < 1.29 is 75.4 Å². The SMILES string of the molecule is CC1(C)CC(=O)c2c(C(F)(F)F)nn(-c3ccc(C(N)=O)c(N)c3)c2C1.COc1cc(C2c3cc4c(cc3CC3COC(=O)C32)OCO4)cc(OC)c1OC.O=C(O)N1CCN(C(=O)OC2CCCCC2)CC1. The smallest absolute Gasteiger partial charge is 0.435 e. The molecule has 2 saturated heterocycles. The van der Waals surface area contributed by atoms with Crippen LogP contribution >= 0.6 is 0 Å². The number of piperazine rings is 1. The van der Waals surface area contributed by atoms with Crippen molar-refractivity contribution in [3.63, 3.8) is 0 Å². The molecule has 4 heterocycles. The molecule has 5 N–H and O–H groups in total. The third-order valence-corrected chi connectivity index (χ3v) is 14.1. The molecule has 3 unspecified atom stereocenters. The second kappa shape index (κ2) is 21.0. The predicted octanol–water partition coefficient (Wildman–Crippen LogP) is 7.40. The van der Waals surface area contributed by atoms with E-state index in [-0.39, 0.29) is 78.2 Å². The predicted molar refractivity (Wildman–Crippen MR) is 255 cm³/mol. The van der Waals surface area contributed by atoms with Gasteiger partial charge in [0.2, 0.25) is 12.5 Å². The molecule has 392 valence electrons. The van der Waals surface area contributed by atoms with Gasteiger partial charge in [0, 0.05) is 50.1 Å². The van der Waals surface area contributed by atoms with Gasteiger partial charge < -0.3 is 59.5 Å². The number of hydrogen-bond acceptors (Lipinski definition) is 14. The maximum absolute atomic E-state index is 13.4. The van der Waals surface area contributed by atoms with Gasteiger partial charge in [0.1, 0.15) is 6.10 Å². The number of primary amides is 1. The number of amides is 3. The van der Waals surface area contributed by atoms with Crippen LogP contribution in [0.15, 0.2) is 42.5 Å². The highest BCUT2D eigenvalue weighted by atomic mass is 19.4. The molecular formula is C51H59F3N6O13. The number of rotatable bonds is 7. The molecule has 3 atom stereocenters. The van der Waals surface area contributed by atoms with Gasteiger partial charge in [-0.2, -0.15) is 18.3 Å². The summed E-state index contributed by atoms with van der Waals surface area (Å²) in [6.07, 6.45) is 0.523. The molecule has 6 aliphatic rings. The van der Waals surface area contributed by atoms with Crippen LogP contribution in [0.25, 0.3) is 5.69 Å². The summed E-state index contributed by atoms with van der Waals surface area (Å²) in [7, 11) is 4.74. The van der Waals surface area contributed by atoms with Crippen molar-refractivity contribution in [3.8, 4) is 34.4 Å². The topological polar surface area (TPSA) is 247 Å². The molecule has 73 heavy (non-hydrogen) atoms. The highest BCUT2D eigenvalue weighted by molar-refractivity contribution is 6.00. The van der Waals surface area contributed by atoms with Crippen LogP contribution in [0.5, 0.6) is 28.7 Å². The van der Waals surface area contributed by atoms with E-state index in [1.165, 1.54) is 29.5 Å². The minimum atomic E-state index is -4.76. The average Bonchev–Trinajstić information content (AvgIpc) is 4.09. The number of ether oxygens (including phenoxy) is 7. The van der Waals surface area contributed by atoms with Gasteiger partial charge in [-0.25, -0.2) is 14.3 Å². The summed E-state index contributed by atoms with van der Waals surface area (Å²) in [6.45, 7) is 5.85. The van der Waals surface area contributed by atoms with Crippen LogP contribution in [0.4, 0.5) is 28.4 Å². The summed E-state index contributed by atoms with van der Waals surface area (Å²) in [6, 6.07) is 11.9. The number of carbonyl (C=O) groups excluding carboxylic acids is 4. The van der Waals surface area contributed by atoms with Gasteiger partial charge in [-0.05, 0) is 103 Å². The van der Waals surface area contributed by atoms with Crippen LogP contribution in [0.1, 0.15) is 107 Å². The number of nitrogens with zero attached hydrogens (tertiary/aromatic N) is 4. The number of Topliss-reactive ketones (excluding diaryl/α,β-unsaturated/α-hetero) is 1. The van der Waals surface area contributed by atoms with Crippen LogP contribution in [0, 0.1) is 17.3 Å². The number of hydrogen-bond donors (Lipinski definition) is 3. The Hall–Kier alpha value is -7.39. The van der Waals surface area contributed by atoms with Gasteiger partial charge in [-0.15, -0.1) is 0 Å². The minimum Gasteiger partial charge on any atom is -0.493 e. The number of alkyl halides is 3. The van der Waals surface area contributed by atoms with Gasteiger partial charge in [0.05, 0.1) is 56.4 Å². The molecule has 3 aromatic carbocycles. The van der Waals surface area contributed by atoms with E-state index < -0.39 is 40.6 Å². The fourth-order valence-corrected chi connectivity index (χ4v) is 10.5. The first kappa shape index (κ1) is 51.9. The van der Waals surface area contributed by atoms with E-state index in [4.69, 9.17) is 49.7 Å². The standard InChI is InChI=1S/C22H22O7.C17H17F3N4O2.C12H20N2O4/c1-24-17-6-12(7-18(25-2)21(17)26-3)19-14-8-16-15(28-10-29-16)5-11(14)4-13-9-27-22(23)20(13)19;1-16(2)6-11-13(12(25)7-16)14(17(18,19)20)23-24(11)8-3-4-9(15(22)26)10(21)5-8;15-11(16)13-6-8-14(9-7-13)12(17)18-10-4-2-1-3-5-10/h5-8,13,19-20H,4,9-10H2,1-3H3;3-5H,6-7,21H2,1-2H3,(H2,22,26);10H,1-9H2,(H,15,16). The van der Waals surface area contributed by atoms with E-state index in [0.29, 0.717) is 55.8 Å². The number of aromatic nitrogens is 2. The summed E-state index contributed by atoms with van der Waals surface area (Å²) >= 11 is 0. The van der Waals surface area contributed by atoms with Crippen molar-refractivity contribution in [1.29, 1.82) is 0 Å². The largest absolute Gasteiger partial charge is 0.493 e. The van der Waals surface area contributed by atoms with Crippen LogP contribution in [0.2, 0.25) is 0 Å². The highest BCUT2D eigenvalue weighted by Crippen LogP contribution is 2.52. The average molecular weight is 1020 g/mol. The van der Waals surface area contributed by atoms with E-state index in [2.05, 4.69) is 5.10 Å². The Morgan fingerprint density at radius 1 is 0.849 bits per heavy atom. The molecule has 0 radical (unpaired) electrons. The molecule has 1 saturated carbocycles. The summed E-state index contributed by atoms with van der Waals surface area (Å²) in [5, 5.41) is 12.5. The van der Waals surface area contributed by atoms with Crippen molar-refractivity contribution in [2.45, 2.75) is 83.4 Å². The molecule has 4 aromatic rings. The highest BCUT2D eigenvalue weighted by Gasteiger charge is 2.49. The first-order chi connectivity index (χ1) is 34.7. The molecule has 0 spiro atoms. The molecule has 3 amide bonds. The Kier molecular flexibility index (Phi) is 14.9.